The molecule has 0 aliphatic carbocycles. The molecule has 0 radical (unpaired) electrons. The van der Waals surface area contributed by atoms with Crippen LogP contribution in [0.2, 0.25) is 0 Å². The van der Waals surface area contributed by atoms with Crippen molar-refractivity contribution in [2.24, 2.45) is 0 Å². The molecule has 0 amide bonds. The van der Waals surface area contributed by atoms with Crippen LogP contribution in [0.3, 0.4) is 0 Å². The van der Waals surface area contributed by atoms with E-state index in [1.54, 1.807) is 0 Å². The molecule has 3 rings (SSSR count). The van der Waals surface area contributed by atoms with Crippen LogP contribution in [0.15, 0.2) is 60.8 Å². The number of hydrogen-bond acceptors (Lipinski definition) is 2. The molecule has 142 valence electrons. The van der Waals surface area contributed by atoms with Crippen molar-refractivity contribution in [2.45, 2.75) is 33.4 Å². The predicted octanol–water partition coefficient (Wildman–Crippen LogP) is 5.18. The lowest BCUT2D eigenvalue weighted by Gasteiger charge is -2.41. The molecular formula is C24H29FN2. The quantitative estimate of drug-likeness (QED) is 0.675. The number of allylic oxidation sites excluding steroid dienone is 1. The van der Waals surface area contributed by atoms with E-state index in [9.17, 15) is 4.39 Å². The molecule has 1 saturated heterocycles. The van der Waals surface area contributed by atoms with Gasteiger partial charge >= 0.3 is 0 Å². The van der Waals surface area contributed by atoms with Crippen molar-refractivity contribution in [1.29, 1.82) is 0 Å². The molecule has 1 fully saturated rings. The summed E-state index contributed by atoms with van der Waals surface area (Å²) < 4.78 is 13.1. The van der Waals surface area contributed by atoms with Crippen LogP contribution in [-0.2, 0) is 6.54 Å². The lowest BCUT2D eigenvalue weighted by atomic mass is 10.0. The lowest BCUT2D eigenvalue weighted by Crippen LogP contribution is -2.50. The van der Waals surface area contributed by atoms with Gasteiger partial charge in [0.1, 0.15) is 5.82 Å². The maximum Gasteiger partial charge on any atom is 0.123 e. The molecule has 1 unspecified atom stereocenters. The molecule has 2 aromatic carbocycles. The maximum atomic E-state index is 13.1. The van der Waals surface area contributed by atoms with Gasteiger partial charge in [-0.15, -0.1) is 0 Å². The summed E-state index contributed by atoms with van der Waals surface area (Å²) in [5.74, 6) is -0.177. The lowest BCUT2D eigenvalue weighted by molar-refractivity contribution is 0.109. The van der Waals surface area contributed by atoms with E-state index < -0.39 is 0 Å². The highest BCUT2D eigenvalue weighted by Gasteiger charge is 2.23. The van der Waals surface area contributed by atoms with Crippen LogP contribution in [0, 0.1) is 19.7 Å². The first-order chi connectivity index (χ1) is 12.9. The van der Waals surface area contributed by atoms with Crippen molar-refractivity contribution in [3.63, 3.8) is 0 Å². The maximum absolute atomic E-state index is 13.1. The van der Waals surface area contributed by atoms with Gasteiger partial charge in [0.25, 0.3) is 0 Å². The third-order valence-corrected chi connectivity index (χ3v) is 5.29. The highest BCUT2D eigenvalue weighted by Crippen LogP contribution is 2.19. The summed E-state index contributed by atoms with van der Waals surface area (Å²) in [7, 11) is 0. The Morgan fingerprint density at radius 1 is 1.15 bits per heavy atom. The van der Waals surface area contributed by atoms with Gasteiger partial charge in [-0.3, -0.25) is 4.90 Å². The minimum atomic E-state index is -0.177. The smallest absolute Gasteiger partial charge is 0.123 e. The first-order valence-corrected chi connectivity index (χ1v) is 9.60. The molecule has 0 aromatic heterocycles. The molecule has 1 aliphatic rings. The van der Waals surface area contributed by atoms with E-state index >= 15 is 0 Å². The average Bonchev–Trinajstić information content (AvgIpc) is 2.64. The molecule has 1 aliphatic heterocycles. The summed E-state index contributed by atoms with van der Waals surface area (Å²) in [5.41, 5.74) is 6.02. The summed E-state index contributed by atoms with van der Waals surface area (Å²) in [4.78, 5) is 4.80. The summed E-state index contributed by atoms with van der Waals surface area (Å²) >= 11 is 0. The van der Waals surface area contributed by atoms with Crippen LogP contribution in [-0.4, -0.2) is 35.5 Å². The van der Waals surface area contributed by atoms with Gasteiger partial charge in [-0.1, -0.05) is 48.6 Å². The van der Waals surface area contributed by atoms with Gasteiger partial charge in [0.05, 0.1) is 0 Å². The molecule has 0 bridgehead atoms. The number of piperazine rings is 1. The first-order valence-electron chi connectivity index (χ1n) is 9.60. The number of rotatable bonds is 5. The molecular weight excluding hydrogens is 335 g/mol. The van der Waals surface area contributed by atoms with E-state index in [1.165, 1.54) is 28.8 Å². The normalized spacial score (nSPS) is 18.2. The second-order valence-electron chi connectivity index (χ2n) is 7.59. The summed E-state index contributed by atoms with van der Waals surface area (Å²) in [5, 5.41) is 0. The molecule has 0 spiro atoms. The number of aryl methyl sites for hydroxylation is 2. The number of nitrogens with zero attached hydrogens (tertiary/aromatic N) is 2. The van der Waals surface area contributed by atoms with Crippen LogP contribution in [0.5, 0.6) is 0 Å². The molecule has 1 heterocycles. The minimum Gasteiger partial charge on any atom is -0.367 e. The molecule has 0 N–H and O–H groups in total. The van der Waals surface area contributed by atoms with Gasteiger partial charge in [-0.2, -0.15) is 0 Å². The standard InChI is InChI=1S/C24H29FN2/c1-18-5-6-19(2)23(15-18)10-7-20(3)27-14-13-26(16-21(27)4)17-22-8-11-24(25)12-9-22/h5-12,15,21H,3,13-14,16-17H2,1-2,4H3/b10-7+. The van der Waals surface area contributed by atoms with Gasteiger partial charge in [0.2, 0.25) is 0 Å². The Bertz CT molecular complexity index is 823. The van der Waals surface area contributed by atoms with Crippen molar-refractivity contribution < 1.29 is 4.39 Å². The van der Waals surface area contributed by atoms with E-state index in [-0.39, 0.29) is 5.82 Å². The third-order valence-electron chi connectivity index (χ3n) is 5.29. The molecule has 27 heavy (non-hydrogen) atoms. The van der Waals surface area contributed by atoms with Gasteiger partial charge in [0, 0.05) is 37.9 Å². The molecule has 2 nitrogen and oxygen atoms in total. The Balaban J connectivity index is 1.58. The second kappa shape index (κ2) is 8.53. The van der Waals surface area contributed by atoms with Crippen LogP contribution < -0.4 is 0 Å². The number of hydrogen-bond donors (Lipinski definition) is 0. The monoisotopic (exact) mass is 364 g/mol. The van der Waals surface area contributed by atoms with E-state index in [1.807, 2.05) is 12.1 Å². The van der Waals surface area contributed by atoms with Crippen molar-refractivity contribution in [1.82, 2.24) is 9.80 Å². The fourth-order valence-corrected chi connectivity index (χ4v) is 3.67. The Morgan fingerprint density at radius 2 is 1.89 bits per heavy atom. The van der Waals surface area contributed by atoms with E-state index in [2.05, 4.69) is 67.5 Å². The summed E-state index contributed by atoms with van der Waals surface area (Å²) in [6.07, 6.45) is 4.30. The SMILES string of the molecule is C=C(/C=C/c1cc(C)ccc1C)N1CCN(Cc2ccc(F)cc2)CC1C. The Labute approximate surface area is 162 Å². The van der Waals surface area contributed by atoms with E-state index in [0.717, 1.165) is 37.4 Å². The number of halogens is 1. The second-order valence-corrected chi connectivity index (χ2v) is 7.59. The van der Waals surface area contributed by atoms with Gasteiger partial charge in [-0.25, -0.2) is 4.39 Å². The molecule has 3 heteroatoms. The van der Waals surface area contributed by atoms with Crippen LogP contribution in [0.1, 0.15) is 29.2 Å². The molecule has 0 saturated carbocycles. The van der Waals surface area contributed by atoms with Gasteiger partial charge in [0.15, 0.2) is 0 Å². The Morgan fingerprint density at radius 3 is 2.59 bits per heavy atom. The van der Waals surface area contributed by atoms with E-state index in [4.69, 9.17) is 0 Å². The zero-order chi connectivity index (χ0) is 19.4. The van der Waals surface area contributed by atoms with Crippen LogP contribution in [0.4, 0.5) is 4.39 Å². The Kier molecular flexibility index (Phi) is 6.12. The summed E-state index contributed by atoms with van der Waals surface area (Å²) in [6, 6.07) is 13.7. The zero-order valence-corrected chi connectivity index (χ0v) is 16.6. The van der Waals surface area contributed by atoms with Crippen LogP contribution >= 0.6 is 0 Å². The fourth-order valence-electron chi connectivity index (χ4n) is 3.67. The number of benzene rings is 2. The van der Waals surface area contributed by atoms with E-state index in [0.29, 0.717) is 6.04 Å². The largest absolute Gasteiger partial charge is 0.367 e. The highest BCUT2D eigenvalue weighted by molar-refractivity contribution is 5.57. The Hall–Kier alpha value is -2.39. The van der Waals surface area contributed by atoms with Crippen molar-refractivity contribution in [2.75, 3.05) is 19.6 Å². The van der Waals surface area contributed by atoms with Crippen molar-refractivity contribution >= 4 is 6.08 Å². The predicted molar refractivity (Wildman–Crippen MR) is 112 cm³/mol. The van der Waals surface area contributed by atoms with Crippen molar-refractivity contribution in [3.05, 3.63) is 88.9 Å². The zero-order valence-electron chi connectivity index (χ0n) is 16.6. The fraction of sp³-hybridized carbons (Fsp3) is 0.333. The minimum absolute atomic E-state index is 0.177. The summed E-state index contributed by atoms with van der Waals surface area (Å²) in [6.45, 7) is 14.6. The first kappa shape index (κ1) is 19.4. The molecule has 1 atom stereocenters. The topological polar surface area (TPSA) is 6.48 Å². The van der Waals surface area contributed by atoms with Gasteiger partial charge < -0.3 is 4.90 Å². The van der Waals surface area contributed by atoms with Crippen LogP contribution in [0.25, 0.3) is 6.08 Å². The highest BCUT2D eigenvalue weighted by atomic mass is 19.1. The third kappa shape index (κ3) is 5.08. The average molecular weight is 365 g/mol. The van der Waals surface area contributed by atoms with Gasteiger partial charge in [-0.05, 0) is 55.7 Å². The molecule has 2 aromatic rings. The van der Waals surface area contributed by atoms with Crippen molar-refractivity contribution in [3.8, 4) is 0 Å².